The number of carbonyl (C=O) groups excluding carboxylic acids is 1. The molecule has 0 spiro atoms. The Morgan fingerprint density at radius 2 is 2.13 bits per heavy atom. The maximum atomic E-state index is 13.6. The summed E-state index contributed by atoms with van der Waals surface area (Å²) in [6, 6.07) is 6.11. The average molecular weight is 314 g/mol. The van der Waals surface area contributed by atoms with Crippen LogP contribution in [0.4, 0.5) is 4.39 Å². The highest BCUT2D eigenvalue weighted by molar-refractivity contribution is 6.06. The van der Waals surface area contributed by atoms with E-state index in [0.717, 1.165) is 25.0 Å². The van der Waals surface area contributed by atoms with Crippen molar-refractivity contribution in [2.75, 3.05) is 6.54 Å². The second kappa shape index (κ2) is 5.27. The summed E-state index contributed by atoms with van der Waals surface area (Å²) in [5, 5.41) is 13.5. The molecule has 0 unspecified atom stereocenters. The molecule has 2 aliphatic carbocycles. The maximum Gasteiger partial charge on any atom is 0.252 e. The second-order valence-corrected chi connectivity index (χ2v) is 6.79. The predicted molar refractivity (Wildman–Crippen MR) is 84.8 cm³/mol. The molecule has 2 aliphatic rings. The smallest absolute Gasteiger partial charge is 0.252 e. The standard InChI is InChI=1S/C18H19FN2O2/c19-12-4-5-15-13(8-12)14(9-16(21-15)11-2-3-11)17(22)20-10-18(23)6-1-7-18/h4-5,8-9,11,23H,1-3,6-7,10H2,(H,20,22). The van der Waals surface area contributed by atoms with E-state index in [1.807, 2.05) is 0 Å². The van der Waals surface area contributed by atoms with Gasteiger partial charge in [0.2, 0.25) is 0 Å². The van der Waals surface area contributed by atoms with Gasteiger partial charge >= 0.3 is 0 Å². The topological polar surface area (TPSA) is 62.2 Å². The lowest BCUT2D eigenvalue weighted by molar-refractivity contribution is -0.0300. The van der Waals surface area contributed by atoms with Crippen molar-refractivity contribution in [1.82, 2.24) is 10.3 Å². The highest BCUT2D eigenvalue weighted by Gasteiger charge is 2.35. The first-order valence-electron chi connectivity index (χ1n) is 8.15. The van der Waals surface area contributed by atoms with Gasteiger partial charge in [-0.25, -0.2) is 4.39 Å². The number of aromatic nitrogens is 1. The van der Waals surface area contributed by atoms with E-state index < -0.39 is 5.60 Å². The van der Waals surface area contributed by atoms with E-state index in [0.29, 0.717) is 35.2 Å². The molecule has 2 fully saturated rings. The quantitative estimate of drug-likeness (QED) is 0.912. The second-order valence-electron chi connectivity index (χ2n) is 6.79. The van der Waals surface area contributed by atoms with Crippen LogP contribution in [0, 0.1) is 5.82 Å². The highest BCUT2D eigenvalue weighted by atomic mass is 19.1. The Bertz CT molecular complexity index is 782. The fourth-order valence-corrected chi connectivity index (χ4v) is 3.10. The van der Waals surface area contributed by atoms with E-state index in [4.69, 9.17) is 0 Å². The van der Waals surface area contributed by atoms with Gasteiger partial charge in [0.05, 0.1) is 16.7 Å². The zero-order valence-electron chi connectivity index (χ0n) is 12.8. The van der Waals surface area contributed by atoms with Crippen molar-refractivity contribution in [3.63, 3.8) is 0 Å². The van der Waals surface area contributed by atoms with E-state index in [2.05, 4.69) is 10.3 Å². The zero-order chi connectivity index (χ0) is 16.0. The Hall–Kier alpha value is -2.01. The summed E-state index contributed by atoms with van der Waals surface area (Å²) < 4.78 is 13.6. The lowest BCUT2D eigenvalue weighted by Gasteiger charge is -2.36. The normalized spacial score (nSPS) is 19.4. The molecule has 0 saturated heterocycles. The molecule has 4 nitrogen and oxygen atoms in total. The molecule has 1 heterocycles. The largest absolute Gasteiger partial charge is 0.388 e. The molecule has 120 valence electrons. The number of nitrogens with zero attached hydrogens (tertiary/aromatic N) is 1. The van der Waals surface area contributed by atoms with Crippen LogP contribution in [0.15, 0.2) is 24.3 Å². The van der Waals surface area contributed by atoms with Gasteiger partial charge in [0.1, 0.15) is 5.82 Å². The summed E-state index contributed by atoms with van der Waals surface area (Å²) in [5.74, 6) is -0.248. The van der Waals surface area contributed by atoms with Crippen LogP contribution in [0.1, 0.15) is 54.1 Å². The first-order chi connectivity index (χ1) is 11.0. The number of nitrogens with one attached hydrogen (secondary N) is 1. The minimum atomic E-state index is -0.775. The van der Waals surface area contributed by atoms with Crippen LogP contribution in [-0.2, 0) is 0 Å². The molecule has 2 saturated carbocycles. The first kappa shape index (κ1) is 14.6. The minimum absolute atomic E-state index is 0.240. The first-order valence-corrected chi connectivity index (χ1v) is 8.15. The highest BCUT2D eigenvalue weighted by Crippen LogP contribution is 2.40. The number of hydrogen-bond donors (Lipinski definition) is 2. The van der Waals surface area contributed by atoms with Crippen LogP contribution in [0.3, 0.4) is 0 Å². The Morgan fingerprint density at radius 1 is 1.35 bits per heavy atom. The van der Waals surface area contributed by atoms with Crippen molar-refractivity contribution >= 4 is 16.8 Å². The van der Waals surface area contributed by atoms with Crippen molar-refractivity contribution in [1.29, 1.82) is 0 Å². The number of fused-ring (bicyclic) bond motifs is 1. The Kier molecular flexibility index (Phi) is 3.34. The van der Waals surface area contributed by atoms with Crippen LogP contribution < -0.4 is 5.32 Å². The maximum absolute atomic E-state index is 13.6. The number of benzene rings is 1. The van der Waals surface area contributed by atoms with Gasteiger partial charge in [-0.3, -0.25) is 9.78 Å². The molecular formula is C18H19FN2O2. The fourth-order valence-electron chi connectivity index (χ4n) is 3.10. The summed E-state index contributed by atoms with van der Waals surface area (Å²) in [5.41, 5.74) is 1.21. The number of aliphatic hydroxyl groups is 1. The average Bonchev–Trinajstić information content (AvgIpc) is 3.34. The molecule has 23 heavy (non-hydrogen) atoms. The molecule has 1 aromatic carbocycles. The summed E-state index contributed by atoms with van der Waals surface area (Å²) in [7, 11) is 0. The lowest BCUT2D eigenvalue weighted by atomic mass is 9.80. The molecule has 0 aliphatic heterocycles. The van der Waals surface area contributed by atoms with Gasteiger partial charge in [-0.05, 0) is 56.4 Å². The third-order valence-electron chi connectivity index (χ3n) is 4.89. The molecular weight excluding hydrogens is 295 g/mol. The van der Waals surface area contributed by atoms with Crippen LogP contribution in [0.25, 0.3) is 10.9 Å². The fraction of sp³-hybridized carbons (Fsp3) is 0.444. The third kappa shape index (κ3) is 2.81. The molecule has 5 heteroatoms. The molecule has 2 aromatic rings. The van der Waals surface area contributed by atoms with E-state index in [9.17, 15) is 14.3 Å². The number of pyridine rings is 1. The van der Waals surface area contributed by atoms with E-state index in [-0.39, 0.29) is 18.3 Å². The molecule has 2 N–H and O–H groups in total. The monoisotopic (exact) mass is 314 g/mol. The number of rotatable bonds is 4. The molecule has 1 aromatic heterocycles. The Morgan fingerprint density at radius 3 is 2.78 bits per heavy atom. The number of halogens is 1. The van der Waals surface area contributed by atoms with Crippen molar-refractivity contribution < 1.29 is 14.3 Å². The van der Waals surface area contributed by atoms with E-state index in [1.54, 1.807) is 12.1 Å². The SMILES string of the molecule is O=C(NCC1(O)CCC1)c1cc(C2CC2)nc2ccc(F)cc12. The van der Waals surface area contributed by atoms with Crippen molar-refractivity contribution in [3.8, 4) is 0 Å². The summed E-state index contributed by atoms with van der Waals surface area (Å²) >= 11 is 0. The van der Waals surface area contributed by atoms with Gasteiger partial charge in [-0.2, -0.15) is 0 Å². The summed E-state index contributed by atoms with van der Waals surface area (Å²) in [6.45, 7) is 0.240. The van der Waals surface area contributed by atoms with Crippen LogP contribution in [0.5, 0.6) is 0 Å². The van der Waals surface area contributed by atoms with Gasteiger partial charge in [0, 0.05) is 23.5 Å². The Balaban J connectivity index is 1.68. The Labute approximate surface area is 133 Å². The zero-order valence-corrected chi connectivity index (χ0v) is 12.8. The van der Waals surface area contributed by atoms with E-state index in [1.165, 1.54) is 12.1 Å². The molecule has 0 bridgehead atoms. The number of hydrogen-bond acceptors (Lipinski definition) is 3. The van der Waals surface area contributed by atoms with Gasteiger partial charge < -0.3 is 10.4 Å². The molecule has 4 rings (SSSR count). The summed E-state index contributed by atoms with van der Waals surface area (Å²) in [4.78, 5) is 17.1. The number of carbonyl (C=O) groups is 1. The molecule has 1 amide bonds. The minimum Gasteiger partial charge on any atom is -0.388 e. The van der Waals surface area contributed by atoms with Gasteiger partial charge in [-0.1, -0.05) is 0 Å². The van der Waals surface area contributed by atoms with Gasteiger partial charge in [0.15, 0.2) is 0 Å². The van der Waals surface area contributed by atoms with Gasteiger partial charge in [-0.15, -0.1) is 0 Å². The van der Waals surface area contributed by atoms with Gasteiger partial charge in [0.25, 0.3) is 5.91 Å². The third-order valence-corrected chi connectivity index (χ3v) is 4.89. The predicted octanol–water partition coefficient (Wildman–Crippen LogP) is 2.90. The van der Waals surface area contributed by atoms with Crippen molar-refractivity contribution in [2.24, 2.45) is 0 Å². The van der Waals surface area contributed by atoms with Crippen LogP contribution in [0.2, 0.25) is 0 Å². The summed E-state index contributed by atoms with van der Waals surface area (Å²) in [6.07, 6.45) is 4.58. The molecule has 0 radical (unpaired) electrons. The van der Waals surface area contributed by atoms with Crippen LogP contribution in [-0.4, -0.2) is 28.1 Å². The van der Waals surface area contributed by atoms with Crippen molar-refractivity contribution in [3.05, 3.63) is 41.3 Å². The molecule has 0 atom stereocenters. The number of amides is 1. The lowest BCUT2D eigenvalue weighted by Crippen LogP contribution is -2.47. The van der Waals surface area contributed by atoms with E-state index >= 15 is 0 Å². The van der Waals surface area contributed by atoms with Crippen molar-refractivity contribution in [2.45, 2.75) is 43.6 Å². The van der Waals surface area contributed by atoms with Crippen LogP contribution >= 0.6 is 0 Å².